The lowest BCUT2D eigenvalue weighted by Crippen LogP contribution is -2.37. The van der Waals surface area contributed by atoms with Crippen molar-refractivity contribution in [3.63, 3.8) is 0 Å². The Morgan fingerprint density at radius 3 is 2.59 bits per heavy atom. The van der Waals surface area contributed by atoms with Crippen molar-refractivity contribution in [3.05, 3.63) is 83.1 Å². The monoisotopic (exact) mass is 431 g/mol. The standard InChI is InChI=1S/C25H33N7/c1-2-24(32-30)18-6-11-22(27)21(14-18)25(29)23(28)13-16-4-3-5-17(12-16)15-31-20-9-7-19(26)8-10-20/h2-6,11-14,19-20,29,31H,1,7-10,15,26-28,30H2/b23-13-,29-25?,32-24+. The molecule has 10 N–H and O–H groups in total. The van der Waals surface area contributed by atoms with Gasteiger partial charge >= 0.3 is 0 Å². The molecular formula is C25H33N7. The molecule has 1 saturated carbocycles. The number of nitrogens with one attached hydrogen (secondary N) is 2. The number of nitrogens with two attached hydrogens (primary N) is 4. The molecule has 1 aliphatic rings. The molecule has 2 aromatic rings. The highest BCUT2D eigenvalue weighted by Crippen LogP contribution is 2.20. The quantitative estimate of drug-likeness (QED) is 0.164. The van der Waals surface area contributed by atoms with Gasteiger partial charge in [0.15, 0.2) is 0 Å². The second-order valence-corrected chi connectivity index (χ2v) is 8.23. The Morgan fingerprint density at radius 1 is 1.16 bits per heavy atom. The SMILES string of the molecule is C=C/C(=N\N)c1ccc(N)c(C(=N)/C(N)=C/c2cccc(CNC3CCC(N)CC3)c2)c1. The highest BCUT2D eigenvalue weighted by atomic mass is 15.1. The van der Waals surface area contributed by atoms with Crippen LogP contribution in [0.2, 0.25) is 0 Å². The van der Waals surface area contributed by atoms with Crippen LogP contribution in [0, 0.1) is 5.41 Å². The van der Waals surface area contributed by atoms with E-state index in [9.17, 15) is 0 Å². The van der Waals surface area contributed by atoms with Crippen LogP contribution < -0.4 is 28.4 Å². The van der Waals surface area contributed by atoms with E-state index in [4.69, 9.17) is 28.5 Å². The molecular weight excluding hydrogens is 398 g/mol. The van der Waals surface area contributed by atoms with Gasteiger partial charge in [0.1, 0.15) is 0 Å². The van der Waals surface area contributed by atoms with Gasteiger partial charge in [-0.1, -0.05) is 36.9 Å². The summed E-state index contributed by atoms with van der Waals surface area (Å²) in [5.74, 6) is 5.42. The van der Waals surface area contributed by atoms with E-state index in [0.29, 0.717) is 34.7 Å². The van der Waals surface area contributed by atoms with Crippen molar-refractivity contribution in [2.75, 3.05) is 5.73 Å². The van der Waals surface area contributed by atoms with Crippen LogP contribution in [0.5, 0.6) is 0 Å². The summed E-state index contributed by atoms with van der Waals surface area (Å²) < 4.78 is 0. The Labute approximate surface area is 189 Å². The maximum Gasteiger partial charge on any atom is 0.0893 e. The van der Waals surface area contributed by atoms with Crippen molar-refractivity contribution >= 4 is 23.2 Å². The van der Waals surface area contributed by atoms with Gasteiger partial charge in [-0.05, 0) is 61.1 Å². The van der Waals surface area contributed by atoms with Gasteiger partial charge in [0.2, 0.25) is 0 Å². The first-order valence-corrected chi connectivity index (χ1v) is 10.9. The molecule has 2 aromatic carbocycles. The molecule has 0 radical (unpaired) electrons. The maximum absolute atomic E-state index is 8.57. The summed E-state index contributed by atoms with van der Waals surface area (Å²) in [5, 5.41) is 15.9. The second kappa shape index (κ2) is 10.7. The second-order valence-electron chi connectivity index (χ2n) is 8.23. The minimum atomic E-state index is 0.145. The Balaban J connectivity index is 1.73. The average molecular weight is 432 g/mol. The van der Waals surface area contributed by atoms with Gasteiger partial charge < -0.3 is 28.4 Å². The number of hydrogen-bond donors (Lipinski definition) is 6. The number of nitrogen functional groups attached to an aromatic ring is 1. The van der Waals surface area contributed by atoms with Crippen LogP contribution in [0.3, 0.4) is 0 Å². The van der Waals surface area contributed by atoms with E-state index in [1.165, 1.54) is 5.56 Å². The fourth-order valence-electron chi connectivity index (χ4n) is 3.96. The Kier molecular flexibility index (Phi) is 7.81. The summed E-state index contributed by atoms with van der Waals surface area (Å²) >= 11 is 0. The summed E-state index contributed by atoms with van der Waals surface area (Å²) in [6.45, 7) is 4.50. The normalized spacial score (nSPS) is 19.5. The highest BCUT2D eigenvalue weighted by molar-refractivity contribution is 6.17. The molecule has 32 heavy (non-hydrogen) atoms. The van der Waals surface area contributed by atoms with Crippen LogP contribution in [0.4, 0.5) is 5.69 Å². The molecule has 0 atom stereocenters. The van der Waals surface area contributed by atoms with Gasteiger partial charge in [-0.2, -0.15) is 5.10 Å². The lowest BCUT2D eigenvalue weighted by atomic mass is 9.91. The first kappa shape index (κ1) is 23.2. The first-order chi connectivity index (χ1) is 15.4. The van der Waals surface area contributed by atoms with Gasteiger partial charge in [0, 0.05) is 35.4 Å². The molecule has 0 aliphatic heterocycles. The largest absolute Gasteiger partial charge is 0.398 e. The number of rotatable bonds is 8. The molecule has 1 fully saturated rings. The molecule has 7 heteroatoms. The lowest BCUT2D eigenvalue weighted by Gasteiger charge is -2.27. The molecule has 7 nitrogen and oxygen atoms in total. The first-order valence-electron chi connectivity index (χ1n) is 10.9. The third-order valence-electron chi connectivity index (χ3n) is 5.88. The number of hydrazone groups is 1. The average Bonchev–Trinajstić information content (AvgIpc) is 2.80. The fourth-order valence-corrected chi connectivity index (χ4v) is 3.96. The zero-order chi connectivity index (χ0) is 23.1. The molecule has 3 rings (SSSR count). The number of benzene rings is 2. The Hall–Kier alpha value is -3.42. The van der Waals surface area contributed by atoms with E-state index in [-0.39, 0.29) is 5.71 Å². The molecule has 1 aliphatic carbocycles. The summed E-state index contributed by atoms with van der Waals surface area (Å²) in [6, 6.07) is 14.3. The fraction of sp³-hybridized carbons (Fsp3) is 0.280. The topological polar surface area (TPSA) is 152 Å². The number of anilines is 1. The van der Waals surface area contributed by atoms with Crippen LogP contribution in [0.1, 0.15) is 47.9 Å². The van der Waals surface area contributed by atoms with Crippen molar-refractivity contribution < 1.29 is 0 Å². The minimum absolute atomic E-state index is 0.145. The Bertz CT molecular complexity index is 1030. The highest BCUT2D eigenvalue weighted by Gasteiger charge is 2.17. The van der Waals surface area contributed by atoms with Crippen LogP contribution in [0.15, 0.2) is 65.9 Å². The summed E-state index contributed by atoms with van der Waals surface area (Å²) in [6.07, 6.45) is 7.74. The van der Waals surface area contributed by atoms with E-state index in [0.717, 1.165) is 43.4 Å². The van der Waals surface area contributed by atoms with Crippen molar-refractivity contribution in [1.29, 1.82) is 5.41 Å². The van der Waals surface area contributed by atoms with E-state index in [2.05, 4.69) is 29.1 Å². The van der Waals surface area contributed by atoms with Crippen molar-refractivity contribution in [1.82, 2.24) is 5.32 Å². The summed E-state index contributed by atoms with van der Waals surface area (Å²) in [4.78, 5) is 0. The zero-order valence-corrected chi connectivity index (χ0v) is 18.4. The summed E-state index contributed by atoms with van der Waals surface area (Å²) in [5.41, 5.74) is 23.2. The van der Waals surface area contributed by atoms with E-state index in [1.54, 1.807) is 30.4 Å². The third-order valence-corrected chi connectivity index (χ3v) is 5.88. The molecule has 0 aromatic heterocycles. The van der Waals surface area contributed by atoms with E-state index in [1.807, 2.05) is 12.1 Å². The van der Waals surface area contributed by atoms with Crippen LogP contribution >= 0.6 is 0 Å². The number of nitrogens with zero attached hydrogens (tertiary/aromatic N) is 1. The van der Waals surface area contributed by atoms with E-state index < -0.39 is 0 Å². The zero-order valence-electron chi connectivity index (χ0n) is 18.4. The molecule has 0 saturated heterocycles. The predicted octanol–water partition coefficient (Wildman–Crippen LogP) is 2.84. The van der Waals surface area contributed by atoms with Gasteiger partial charge in [0.05, 0.1) is 17.1 Å². The molecule has 0 heterocycles. The maximum atomic E-state index is 8.57. The summed E-state index contributed by atoms with van der Waals surface area (Å²) in [7, 11) is 0. The molecule has 168 valence electrons. The molecule has 0 spiro atoms. The smallest absolute Gasteiger partial charge is 0.0893 e. The number of allylic oxidation sites excluding steroid dienone is 2. The van der Waals surface area contributed by atoms with E-state index >= 15 is 0 Å². The van der Waals surface area contributed by atoms with Gasteiger partial charge in [-0.3, -0.25) is 5.41 Å². The third kappa shape index (κ3) is 5.84. The number of hydrogen-bond acceptors (Lipinski definition) is 7. The van der Waals surface area contributed by atoms with Crippen molar-refractivity contribution in [2.24, 2.45) is 22.4 Å². The van der Waals surface area contributed by atoms with Crippen molar-refractivity contribution in [2.45, 2.75) is 44.3 Å². The molecule has 0 amide bonds. The van der Waals surface area contributed by atoms with Gasteiger partial charge in [0.25, 0.3) is 0 Å². The van der Waals surface area contributed by atoms with Gasteiger partial charge in [-0.15, -0.1) is 0 Å². The van der Waals surface area contributed by atoms with Crippen LogP contribution in [-0.2, 0) is 6.54 Å². The molecule has 0 unspecified atom stereocenters. The molecule has 0 bridgehead atoms. The minimum Gasteiger partial charge on any atom is -0.398 e. The lowest BCUT2D eigenvalue weighted by molar-refractivity contribution is 0.342. The van der Waals surface area contributed by atoms with Crippen LogP contribution in [0.25, 0.3) is 6.08 Å². The van der Waals surface area contributed by atoms with Crippen LogP contribution in [-0.4, -0.2) is 23.5 Å². The van der Waals surface area contributed by atoms with Gasteiger partial charge in [-0.25, -0.2) is 0 Å². The predicted molar refractivity (Wildman–Crippen MR) is 134 cm³/mol. The Morgan fingerprint density at radius 2 is 1.91 bits per heavy atom. The van der Waals surface area contributed by atoms with Crippen molar-refractivity contribution in [3.8, 4) is 0 Å².